The second-order valence-electron chi connectivity index (χ2n) is 13.9. The van der Waals surface area contributed by atoms with Gasteiger partial charge in [0.2, 0.25) is 0 Å². The zero-order valence-corrected chi connectivity index (χ0v) is 33.7. The van der Waals surface area contributed by atoms with Gasteiger partial charge in [0.05, 0.1) is 37.8 Å². The molecule has 288 valence electrons. The molecule has 3 aromatic carbocycles. The van der Waals surface area contributed by atoms with E-state index in [1.807, 2.05) is 12.1 Å². The molecule has 0 N–H and O–H groups in total. The van der Waals surface area contributed by atoms with Crippen molar-refractivity contribution >= 4 is 5.69 Å². The summed E-state index contributed by atoms with van der Waals surface area (Å²) in [5, 5.41) is 0. The van der Waals surface area contributed by atoms with E-state index < -0.39 is 0 Å². The Morgan fingerprint density at radius 2 is 0.849 bits per heavy atom. The van der Waals surface area contributed by atoms with Crippen molar-refractivity contribution in [1.29, 1.82) is 0 Å². The third-order valence-corrected chi connectivity index (χ3v) is 9.66. The lowest BCUT2D eigenvalue weighted by molar-refractivity contribution is 0.292. The van der Waals surface area contributed by atoms with Crippen LogP contribution in [-0.2, 0) is 0 Å². The standard InChI is InChI=1S/C47H66N2O4/c1-7-13-17-29-50-40-25-27-42(46(35-40)52-31-19-15-9-3)44-33-38(37-21-23-39(24-22-37)49(11-5)12-6)34-45(48-44)43-28-26-41(51-30-18-14-8-2)36-47(43)53-32-20-16-10-4/h21-28,33-36H,7-20,29-32H2,1-6H3. The number of ether oxygens (including phenoxy) is 4. The van der Waals surface area contributed by atoms with Gasteiger partial charge in [-0.25, -0.2) is 4.98 Å². The summed E-state index contributed by atoms with van der Waals surface area (Å²) in [6.45, 7) is 17.9. The normalized spacial score (nSPS) is 11.1. The lowest BCUT2D eigenvalue weighted by Gasteiger charge is -2.21. The molecule has 0 radical (unpaired) electrons. The fraction of sp³-hybridized carbons (Fsp3) is 0.511. The number of hydrogen-bond acceptors (Lipinski definition) is 6. The predicted octanol–water partition coefficient (Wildman–Crippen LogP) is 13.2. The van der Waals surface area contributed by atoms with E-state index in [0.717, 1.165) is 147 Å². The number of aromatic nitrogens is 1. The summed E-state index contributed by atoms with van der Waals surface area (Å²) in [7, 11) is 0. The molecule has 0 aliphatic rings. The van der Waals surface area contributed by atoms with Crippen LogP contribution in [0.25, 0.3) is 33.6 Å². The second kappa shape index (κ2) is 23.5. The van der Waals surface area contributed by atoms with Crippen LogP contribution >= 0.6 is 0 Å². The topological polar surface area (TPSA) is 53.1 Å². The highest BCUT2D eigenvalue weighted by molar-refractivity contribution is 5.81. The zero-order valence-electron chi connectivity index (χ0n) is 33.7. The fourth-order valence-corrected chi connectivity index (χ4v) is 6.43. The predicted molar refractivity (Wildman–Crippen MR) is 224 cm³/mol. The molecule has 1 aromatic heterocycles. The molecule has 0 fully saturated rings. The molecule has 0 bridgehead atoms. The molecule has 1 heterocycles. The van der Waals surface area contributed by atoms with Gasteiger partial charge in [0.15, 0.2) is 0 Å². The first-order valence-electron chi connectivity index (χ1n) is 20.7. The van der Waals surface area contributed by atoms with Gasteiger partial charge in [-0.3, -0.25) is 0 Å². The Morgan fingerprint density at radius 1 is 0.434 bits per heavy atom. The first-order valence-corrected chi connectivity index (χ1v) is 20.7. The van der Waals surface area contributed by atoms with Crippen molar-refractivity contribution in [3.8, 4) is 56.6 Å². The lowest BCUT2D eigenvalue weighted by atomic mass is 9.98. The zero-order chi connectivity index (χ0) is 37.7. The van der Waals surface area contributed by atoms with Crippen LogP contribution in [0, 0.1) is 0 Å². The van der Waals surface area contributed by atoms with Gasteiger partial charge in [0.25, 0.3) is 0 Å². The maximum atomic E-state index is 6.52. The summed E-state index contributed by atoms with van der Waals surface area (Å²) in [4.78, 5) is 7.73. The average molecular weight is 723 g/mol. The summed E-state index contributed by atoms with van der Waals surface area (Å²) in [6, 6.07) is 25.7. The van der Waals surface area contributed by atoms with Crippen LogP contribution < -0.4 is 23.8 Å². The van der Waals surface area contributed by atoms with E-state index in [4.69, 9.17) is 23.9 Å². The maximum Gasteiger partial charge on any atom is 0.132 e. The Kier molecular flexibility index (Phi) is 18.4. The highest BCUT2D eigenvalue weighted by Crippen LogP contribution is 2.40. The summed E-state index contributed by atoms with van der Waals surface area (Å²) in [6.07, 6.45) is 13.3. The van der Waals surface area contributed by atoms with Gasteiger partial charge < -0.3 is 23.8 Å². The smallest absolute Gasteiger partial charge is 0.132 e. The molecule has 4 aromatic rings. The third-order valence-electron chi connectivity index (χ3n) is 9.66. The van der Waals surface area contributed by atoms with Crippen molar-refractivity contribution in [1.82, 2.24) is 4.98 Å². The quantitative estimate of drug-likeness (QED) is 0.0602. The van der Waals surface area contributed by atoms with Crippen LogP contribution in [0.1, 0.15) is 119 Å². The maximum absolute atomic E-state index is 6.52. The Labute approximate surface area is 321 Å². The van der Waals surface area contributed by atoms with E-state index in [-0.39, 0.29) is 0 Å². The van der Waals surface area contributed by atoms with E-state index in [2.05, 4.69) is 107 Å². The molecule has 0 aliphatic heterocycles. The number of rotatable bonds is 26. The van der Waals surface area contributed by atoms with E-state index in [0.29, 0.717) is 26.4 Å². The molecule has 4 rings (SSSR count). The second-order valence-corrected chi connectivity index (χ2v) is 13.9. The minimum atomic E-state index is 0.648. The number of nitrogens with zero attached hydrogens (tertiary/aromatic N) is 2. The molecule has 0 amide bonds. The van der Waals surface area contributed by atoms with Crippen molar-refractivity contribution in [3.63, 3.8) is 0 Å². The molecule has 0 atom stereocenters. The van der Waals surface area contributed by atoms with Gasteiger partial charge >= 0.3 is 0 Å². The molecule has 0 saturated carbocycles. The van der Waals surface area contributed by atoms with Crippen molar-refractivity contribution in [3.05, 3.63) is 72.8 Å². The van der Waals surface area contributed by atoms with Crippen LogP contribution in [0.15, 0.2) is 72.8 Å². The van der Waals surface area contributed by atoms with Crippen molar-refractivity contribution < 1.29 is 18.9 Å². The average Bonchev–Trinajstić information content (AvgIpc) is 3.19. The summed E-state index contributed by atoms with van der Waals surface area (Å²) < 4.78 is 25.4. The van der Waals surface area contributed by atoms with Crippen LogP contribution in [0.3, 0.4) is 0 Å². The summed E-state index contributed by atoms with van der Waals surface area (Å²) in [5.74, 6) is 3.26. The van der Waals surface area contributed by atoms with Gasteiger partial charge in [-0.2, -0.15) is 0 Å². The number of hydrogen-bond donors (Lipinski definition) is 0. The molecular formula is C47H66N2O4. The largest absolute Gasteiger partial charge is 0.493 e. The number of benzene rings is 3. The van der Waals surface area contributed by atoms with Gasteiger partial charge in [-0.15, -0.1) is 0 Å². The summed E-state index contributed by atoms with van der Waals surface area (Å²) >= 11 is 0. The van der Waals surface area contributed by atoms with Crippen LogP contribution in [0.2, 0.25) is 0 Å². The van der Waals surface area contributed by atoms with Crippen molar-refractivity contribution in [2.75, 3.05) is 44.4 Å². The highest BCUT2D eigenvalue weighted by atomic mass is 16.5. The fourth-order valence-electron chi connectivity index (χ4n) is 6.43. The Balaban J connectivity index is 1.83. The number of unbranched alkanes of at least 4 members (excludes halogenated alkanes) is 8. The van der Waals surface area contributed by atoms with Gasteiger partial charge in [0.1, 0.15) is 23.0 Å². The third kappa shape index (κ3) is 13.0. The van der Waals surface area contributed by atoms with Gasteiger partial charge in [-0.05, 0) is 99.2 Å². The van der Waals surface area contributed by atoms with Crippen molar-refractivity contribution in [2.24, 2.45) is 0 Å². The molecule has 0 unspecified atom stereocenters. The first kappa shape index (κ1) is 41.6. The van der Waals surface area contributed by atoms with E-state index >= 15 is 0 Å². The number of pyridine rings is 1. The van der Waals surface area contributed by atoms with E-state index in [1.54, 1.807) is 0 Å². The minimum Gasteiger partial charge on any atom is -0.493 e. The lowest BCUT2D eigenvalue weighted by Crippen LogP contribution is -2.21. The Morgan fingerprint density at radius 3 is 1.25 bits per heavy atom. The molecule has 0 saturated heterocycles. The molecular weight excluding hydrogens is 657 g/mol. The minimum absolute atomic E-state index is 0.648. The molecule has 0 spiro atoms. The molecule has 6 heteroatoms. The summed E-state index contributed by atoms with van der Waals surface area (Å²) in [5.41, 5.74) is 7.05. The van der Waals surface area contributed by atoms with Crippen LogP contribution in [0.4, 0.5) is 5.69 Å². The van der Waals surface area contributed by atoms with Crippen LogP contribution in [0.5, 0.6) is 23.0 Å². The number of anilines is 1. The van der Waals surface area contributed by atoms with Crippen LogP contribution in [-0.4, -0.2) is 44.5 Å². The Bertz CT molecular complexity index is 1530. The highest BCUT2D eigenvalue weighted by Gasteiger charge is 2.18. The van der Waals surface area contributed by atoms with Gasteiger partial charge in [0, 0.05) is 42.0 Å². The van der Waals surface area contributed by atoms with E-state index in [1.165, 1.54) is 5.69 Å². The van der Waals surface area contributed by atoms with Gasteiger partial charge in [-0.1, -0.05) is 91.2 Å². The van der Waals surface area contributed by atoms with Crippen molar-refractivity contribution in [2.45, 2.75) is 119 Å². The first-order chi connectivity index (χ1) is 26.0. The molecule has 53 heavy (non-hydrogen) atoms. The Hall–Kier alpha value is -4.19. The SMILES string of the molecule is CCCCCOc1ccc(-c2cc(-c3ccc(N(CC)CC)cc3)cc(-c3ccc(OCCCCC)cc3OCCCCC)n2)c(OCCCCC)c1. The van der Waals surface area contributed by atoms with E-state index in [9.17, 15) is 0 Å². The molecule has 0 aliphatic carbocycles. The molecule has 6 nitrogen and oxygen atoms in total. The monoisotopic (exact) mass is 723 g/mol.